The van der Waals surface area contributed by atoms with Crippen LogP contribution < -0.4 is 5.32 Å². The van der Waals surface area contributed by atoms with Crippen molar-refractivity contribution >= 4 is 17.9 Å². The number of hydrogen-bond acceptors (Lipinski definition) is 1. The monoisotopic (exact) mass is 213 g/mol. The van der Waals surface area contributed by atoms with E-state index in [-0.39, 0.29) is 11.1 Å². The maximum absolute atomic E-state index is 12.9. The molecule has 0 aromatic heterocycles. The van der Waals surface area contributed by atoms with E-state index in [4.69, 9.17) is 0 Å². The average molecular weight is 213 g/mol. The summed E-state index contributed by atoms with van der Waals surface area (Å²) in [5.74, 6) is -0.202. The summed E-state index contributed by atoms with van der Waals surface area (Å²) in [6.45, 7) is 2.24. The molecule has 0 atom stereocenters. The lowest BCUT2D eigenvalue weighted by atomic mass is 10.1. The van der Waals surface area contributed by atoms with Crippen molar-refractivity contribution in [2.45, 2.75) is 13.3 Å². The van der Waals surface area contributed by atoms with Crippen LogP contribution >= 0.6 is 12.6 Å². The molecule has 0 spiro atoms. The van der Waals surface area contributed by atoms with Gasteiger partial charge in [-0.25, -0.2) is 4.39 Å². The molecule has 0 aliphatic rings. The van der Waals surface area contributed by atoms with Crippen LogP contribution in [0.1, 0.15) is 11.1 Å². The zero-order chi connectivity index (χ0) is 10.6. The fourth-order valence-corrected chi connectivity index (χ4v) is 1.29. The number of hydrogen-bond donors (Lipinski definition) is 2. The van der Waals surface area contributed by atoms with Crippen molar-refractivity contribution in [1.29, 1.82) is 0 Å². The van der Waals surface area contributed by atoms with Gasteiger partial charge in [0.25, 0.3) is 5.24 Å². The van der Waals surface area contributed by atoms with E-state index >= 15 is 0 Å². The molecule has 1 aromatic carbocycles. The first-order valence-corrected chi connectivity index (χ1v) is 4.76. The molecular formula is C10H12FNOS. The number of rotatable bonds is 3. The second-order valence-corrected chi connectivity index (χ2v) is 3.47. The molecule has 0 heterocycles. The Hall–Kier alpha value is -1.03. The van der Waals surface area contributed by atoms with E-state index in [0.29, 0.717) is 18.5 Å². The first-order valence-electron chi connectivity index (χ1n) is 4.31. The van der Waals surface area contributed by atoms with E-state index in [1.165, 1.54) is 6.07 Å². The molecular weight excluding hydrogens is 201 g/mol. The molecule has 1 rings (SSSR count). The summed E-state index contributed by atoms with van der Waals surface area (Å²) in [6.07, 6.45) is 0.688. The quantitative estimate of drug-likeness (QED) is 0.741. The fourth-order valence-electron chi connectivity index (χ4n) is 1.18. The number of carbonyl (C=O) groups is 1. The molecule has 0 unspecified atom stereocenters. The maximum atomic E-state index is 12.9. The predicted molar refractivity (Wildman–Crippen MR) is 57.2 cm³/mol. The first-order chi connectivity index (χ1) is 6.59. The maximum Gasteiger partial charge on any atom is 0.275 e. The van der Waals surface area contributed by atoms with Gasteiger partial charge in [-0.2, -0.15) is 0 Å². The zero-order valence-corrected chi connectivity index (χ0v) is 8.77. The third kappa shape index (κ3) is 3.38. The lowest BCUT2D eigenvalue weighted by Gasteiger charge is -2.03. The average Bonchev–Trinajstić information content (AvgIpc) is 2.10. The van der Waals surface area contributed by atoms with E-state index in [1.54, 1.807) is 19.1 Å². The number of benzene rings is 1. The van der Waals surface area contributed by atoms with Gasteiger partial charge in [-0.1, -0.05) is 24.8 Å². The van der Waals surface area contributed by atoms with Crippen LogP contribution in [0.5, 0.6) is 0 Å². The molecule has 1 amide bonds. The summed E-state index contributed by atoms with van der Waals surface area (Å²) < 4.78 is 12.9. The van der Waals surface area contributed by atoms with Gasteiger partial charge in [0.2, 0.25) is 0 Å². The van der Waals surface area contributed by atoms with Crippen molar-refractivity contribution in [2.75, 3.05) is 6.54 Å². The standard InChI is InChI=1S/C10H12FNOS/c1-7-6-8(2-3-9(7)11)4-5-12-10(13)14/h2-3,6H,4-5H2,1H3,(H2,12,13,14). The minimum Gasteiger partial charge on any atom is -0.347 e. The van der Waals surface area contributed by atoms with Crippen molar-refractivity contribution in [1.82, 2.24) is 5.32 Å². The number of carbonyl (C=O) groups excluding carboxylic acids is 1. The van der Waals surface area contributed by atoms with E-state index < -0.39 is 0 Å². The summed E-state index contributed by atoms with van der Waals surface area (Å²) in [6, 6.07) is 4.93. The largest absolute Gasteiger partial charge is 0.347 e. The van der Waals surface area contributed by atoms with Crippen LogP contribution in [0.4, 0.5) is 9.18 Å². The Morgan fingerprint density at radius 1 is 1.57 bits per heavy atom. The highest BCUT2D eigenvalue weighted by atomic mass is 32.1. The van der Waals surface area contributed by atoms with E-state index in [2.05, 4.69) is 17.9 Å². The SMILES string of the molecule is Cc1cc(CCNC(=O)S)ccc1F. The predicted octanol–water partition coefficient (Wildman–Crippen LogP) is 2.32. The second-order valence-electron chi connectivity index (χ2n) is 3.07. The summed E-state index contributed by atoms with van der Waals surface area (Å²) in [4.78, 5) is 10.4. The lowest BCUT2D eigenvalue weighted by molar-refractivity contribution is 0.261. The molecule has 76 valence electrons. The molecule has 2 nitrogen and oxygen atoms in total. The molecule has 4 heteroatoms. The second kappa shape index (κ2) is 5.00. The van der Waals surface area contributed by atoms with Gasteiger partial charge in [-0.15, -0.1) is 0 Å². The van der Waals surface area contributed by atoms with Crippen molar-refractivity contribution in [3.8, 4) is 0 Å². The Balaban J connectivity index is 2.51. The van der Waals surface area contributed by atoms with Crippen LogP contribution in [0.3, 0.4) is 0 Å². The summed E-state index contributed by atoms with van der Waals surface area (Å²) in [5, 5.41) is 2.22. The van der Waals surface area contributed by atoms with Crippen LogP contribution in [0.2, 0.25) is 0 Å². The normalized spacial score (nSPS) is 9.93. The zero-order valence-electron chi connectivity index (χ0n) is 7.88. The van der Waals surface area contributed by atoms with Gasteiger partial charge < -0.3 is 5.32 Å². The van der Waals surface area contributed by atoms with Crippen LogP contribution in [0.25, 0.3) is 0 Å². The van der Waals surface area contributed by atoms with Gasteiger partial charge in [0.1, 0.15) is 5.82 Å². The molecule has 14 heavy (non-hydrogen) atoms. The number of amides is 1. The van der Waals surface area contributed by atoms with Gasteiger partial charge in [0.05, 0.1) is 0 Å². The van der Waals surface area contributed by atoms with Crippen LogP contribution in [-0.2, 0) is 6.42 Å². The summed E-state index contributed by atoms with van der Waals surface area (Å²) in [5.41, 5.74) is 1.63. The third-order valence-corrected chi connectivity index (χ3v) is 2.07. The van der Waals surface area contributed by atoms with Gasteiger partial charge in [-0.3, -0.25) is 4.79 Å². The van der Waals surface area contributed by atoms with Crippen LogP contribution in [-0.4, -0.2) is 11.8 Å². The molecule has 1 N–H and O–H groups in total. The highest BCUT2D eigenvalue weighted by molar-refractivity contribution is 7.96. The Bertz CT molecular complexity index is 341. The lowest BCUT2D eigenvalue weighted by Crippen LogP contribution is -2.19. The first kappa shape index (κ1) is 11.0. The highest BCUT2D eigenvalue weighted by Crippen LogP contribution is 2.09. The topological polar surface area (TPSA) is 29.1 Å². The van der Waals surface area contributed by atoms with E-state index in [9.17, 15) is 9.18 Å². The molecule has 0 bridgehead atoms. The Morgan fingerprint density at radius 3 is 2.86 bits per heavy atom. The summed E-state index contributed by atoms with van der Waals surface area (Å²) in [7, 11) is 0. The fraction of sp³-hybridized carbons (Fsp3) is 0.300. The molecule has 0 saturated heterocycles. The van der Waals surface area contributed by atoms with E-state index in [0.717, 1.165) is 5.56 Å². The van der Waals surface area contributed by atoms with Gasteiger partial charge in [-0.05, 0) is 30.5 Å². The van der Waals surface area contributed by atoms with Gasteiger partial charge >= 0.3 is 0 Å². The molecule has 0 aliphatic carbocycles. The molecule has 1 aromatic rings. The smallest absolute Gasteiger partial charge is 0.275 e. The van der Waals surface area contributed by atoms with Crippen LogP contribution in [0.15, 0.2) is 18.2 Å². The number of nitrogens with one attached hydrogen (secondary N) is 1. The Morgan fingerprint density at radius 2 is 2.29 bits per heavy atom. The number of halogens is 1. The Labute approximate surface area is 87.9 Å². The van der Waals surface area contributed by atoms with Crippen molar-refractivity contribution in [3.05, 3.63) is 35.1 Å². The minimum atomic E-state index is -0.344. The molecule has 0 aliphatic heterocycles. The van der Waals surface area contributed by atoms with Gasteiger partial charge in [0, 0.05) is 6.54 Å². The number of thiol groups is 1. The third-order valence-electron chi connectivity index (χ3n) is 1.91. The minimum absolute atomic E-state index is 0.202. The van der Waals surface area contributed by atoms with Crippen molar-refractivity contribution < 1.29 is 9.18 Å². The van der Waals surface area contributed by atoms with Crippen molar-refractivity contribution in [3.63, 3.8) is 0 Å². The highest BCUT2D eigenvalue weighted by Gasteiger charge is 1.99. The number of aryl methyl sites for hydroxylation is 1. The molecule has 0 saturated carbocycles. The Kier molecular flexibility index (Phi) is 3.95. The summed E-state index contributed by atoms with van der Waals surface area (Å²) >= 11 is 3.57. The van der Waals surface area contributed by atoms with E-state index in [1.807, 2.05) is 0 Å². The molecule has 0 fully saturated rings. The van der Waals surface area contributed by atoms with Crippen LogP contribution in [0, 0.1) is 12.7 Å². The molecule has 0 radical (unpaired) electrons. The van der Waals surface area contributed by atoms with Crippen molar-refractivity contribution in [2.24, 2.45) is 0 Å². The van der Waals surface area contributed by atoms with Gasteiger partial charge in [0.15, 0.2) is 0 Å².